The van der Waals surface area contributed by atoms with Crippen LogP contribution in [0.1, 0.15) is 10.4 Å². The summed E-state index contributed by atoms with van der Waals surface area (Å²) in [5, 5.41) is 17.8. The van der Waals surface area contributed by atoms with Crippen LogP contribution in [0.15, 0.2) is 35.0 Å². The van der Waals surface area contributed by atoms with Gasteiger partial charge < -0.3 is 20.5 Å². The van der Waals surface area contributed by atoms with Gasteiger partial charge in [0.2, 0.25) is 0 Å². The van der Waals surface area contributed by atoms with Crippen LogP contribution in [0.2, 0.25) is 0 Å². The molecule has 0 bridgehead atoms. The number of carbonyl (C=O) groups excluding carboxylic acids is 1. The molecule has 0 unspecified atom stereocenters. The number of ether oxygens (including phenoxy) is 1. The molecule has 0 aliphatic rings. The van der Waals surface area contributed by atoms with Crippen LogP contribution in [0.4, 0.5) is 16.2 Å². The SMILES string of the molecule is COc1ccc(NC(=O)Nc2ccsc2)c(C(=O)O)c1. The van der Waals surface area contributed by atoms with E-state index in [0.717, 1.165) is 0 Å². The largest absolute Gasteiger partial charge is 0.497 e. The molecular formula is C13H12N2O4S. The van der Waals surface area contributed by atoms with Crippen LogP contribution in [-0.4, -0.2) is 24.2 Å². The molecule has 2 amide bonds. The first-order chi connectivity index (χ1) is 9.60. The second-order valence-electron chi connectivity index (χ2n) is 3.81. The topological polar surface area (TPSA) is 87.7 Å². The zero-order valence-corrected chi connectivity index (χ0v) is 11.4. The number of methoxy groups -OCH3 is 1. The van der Waals surface area contributed by atoms with Gasteiger partial charge in [0, 0.05) is 5.38 Å². The fraction of sp³-hybridized carbons (Fsp3) is 0.0769. The smallest absolute Gasteiger partial charge is 0.337 e. The number of aromatic carboxylic acids is 1. The molecule has 0 aliphatic heterocycles. The van der Waals surface area contributed by atoms with Crippen LogP contribution in [0.3, 0.4) is 0 Å². The van der Waals surface area contributed by atoms with Crippen LogP contribution in [-0.2, 0) is 0 Å². The van der Waals surface area contributed by atoms with Crippen molar-refractivity contribution in [2.75, 3.05) is 17.7 Å². The van der Waals surface area contributed by atoms with Crippen LogP contribution >= 0.6 is 11.3 Å². The van der Waals surface area contributed by atoms with Gasteiger partial charge in [0.15, 0.2) is 0 Å². The van der Waals surface area contributed by atoms with E-state index in [9.17, 15) is 9.59 Å². The maximum atomic E-state index is 11.8. The predicted octanol–water partition coefficient (Wildman–Crippen LogP) is 3.10. The number of anilines is 2. The molecule has 0 fully saturated rings. The molecule has 7 heteroatoms. The molecule has 0 radical (unpaired) electrons. The summed E-state index contributed by atoms with van der Waals surface area (Å²) in [6.07, 6.45) is 0. The van der Waals surface area contributed by atoms with Crippen molar-refractivity contribution in [2.24, 2.45) is 0 Å². The zero-order valence-electron chi connectivity index (χ0n) is 10.5. The van der Waals surface area contributed by atoms with Gasteiger partial charge in [-0.2, -0.15) is 11.3 Å². The van der Waals surface area contributed by atoms with E-state index in [2.05, 4.69) is 10.6 Å². The maximum Gasteiger partial charge on any atom is 0.337 e. The predicted molar refractivity (Wildman–Crippen MR) is 76.9 cm³/mol. The first kappa shape index (κ1) is 13.9. The molecule has 0 spiro atoms. The van der Waals surface area contributed by atoms with Gasteiger partial charge in [-0.3, -0.25) is 0 Å². The third kappa shape index (κ3) is 3.27. The lowest BCUT2D eigenvalue weighted by atomic mass is 10.1. The fourth-order valence-electron chi connectivity index (χ4n) is 1.56. The van der Waals surface area contributed by atoms with Crippen LogP contribution < -0.4 is 15.4 Å². The first-order valence-electron chi connectivity index (χ1n) is 5.61. The molecule has 3 N–H and O–H groups in total. The molecule has 1 aromatic carbocycles. The van der Waals surface area contributed by atoms with Crippen molar-refractivity contribution < 1.29 is 19.4 Å². The molecule has 104 valence electrons. The molecule has 0 aliphatic carbocycles. The van der Waals surface area contributed by atoms with Crippen LogP contribution in [0.5, 0.6) is 5.75 Å². The fourth-order valence-corrected chi connectivity index (χ4v) is 2.14. The van der Waals surface area contributed by atoms with Crippen molar-refractivity contribution in [3.8, 4) is 5.75 Å². The van der Waals surface area contributed by atoms with Crippen molar-refractivity contribution in [3.63, 3.8) is 0 Å². The average molecular weight is 292 g/mol. The van der Waals surface area contributed by atoms with E-state index in [0.29, 0.717) is 11.4 Å². The highest BCUT2D eigenvalue weighted by Crippen LogP contribution is 2.22. The monoisotopic (exact) mass is 292 g/mol. The minimum absolute atomic E-state index is 0.0372. The molecule has 6 nitrogen and oxygen atoms in total. The highest BCUT2D eigenvalue weighted by atomic mass is 32.1. The van der Waals surface area contributed by atoms with Gasteiger partial charge >= 0.3 is 12.0 Å². The Morgan fingerprint density at radius 1 is 1.25 bits per heavy atom. The number of carboxylic acid groups (broad SMARTS) is 1. The number of thiophene rings is 1. The molecule has 0 atom stereocenters. The van der Waals surface area contributed by atoms with Gasteiger partial charge in [-0.1, -0.05) is 0 Å². The minimum atomic E-state index is -1.14. The molecule has 2 aromatic rings. The number of nitrogens with one attached hydrogen (secondary N) is 2. The van der Waals surface area contributed by atoms with Gasteiger partial charge in [0.05, 0.1) is 24.0 Å². The zero-order chi connectivity index (χ0) is 14.5. The van der Waals surface area contributed by atoms with Crippen molar-refractivity contribution in [1.82, 2.24) is 0 Å². The minimum Gasteiger partial charge on any atom is -0.497 e. The quantitative estimate of drug-likeness (QED) is 0.808. The lowest BCUT2D eigenvalue weighted by molar-refractivity contribution is 0.0697. The summed E-state index contributed by atoms with van der Waals surface area (Å²) >= 11 is 1.45. The molecule has 0 saturated carbocycles. The Balaban J connectivity index is 2.16. The van der Waals surface area contributed by atoms with Gasteiger partial charge in [-0.15, -0.1) is 0 Å². The number of hydrogen-bond donors (Lipinski definition) is 3. The van der Waals surface area contributed by atoms with E-state index in [1.807, 2.05) is 5.38 Å². The van der Waals surface area contributed by atoms with Gasteiger partial charge in [-0.05, 0) is 29.6 Å². The summed E-state index contributed by atoms with van der Waals surface area (Å²) < 4.78 is 4.96. The number of benzene rings is 1. The van der Waals surface area contributed by atoms with Gasteiger partial charge in [-0.25, -0.2) is 9.59 Å². The van der Waals surface area contributed by atoms with Crippen molar-refractivity contribution in [2.45, 2.75) is 0 Å². The van der Waals surface area contributed by atoms with Gasteiger partial charge in [0.1, 0.15) is 5.75 Å². The number of carbonyl (C=O) groups is 2. The molecule has 2 rings (SSSR count). The summed E-state index contributed by atoms with van der Waals surface area (Å²) in [6.45, 7) is 0. The van der Waals surface area contributed by atoms with E-state index in [1.165, 1.54) is 30.6 Å². The Labute approximate surface area is 119 Å². The summed E-state index contributed by atoms with van der Waals surface area (Å²) in [5.74, 6) is -0.735. The summed E-state index contributed by atoms with van der Waals surface area (Å²) in [5.41, 5.74) is 0.814. The highest BCUT2D eigenvalue weighted by molar-refractivity contribution is 7.08. The standard InChI is InChI=1S/C13H12N2O4S/c1-19-9-2-3-11(10(6-9)12(16)17)15-13(18)14-8-4-5-20-7-8/h2-7H,1H3,(H,16,17)(H2,14,15,18). The first-order valence-corrected chi connectivity index (χ1v) is 6.56. The summed E-state index contributed by atoms with van der Waals surface area (Å²) in [7, 11) is 1.44. The molecule has 1 heterocycles. The van der Waals surface area contributed by atoms with Crippen LogP contribution in [0.25, 0.3) is 0 Å². The van der Waals surface area contributed by atoms with E-state index in [4.69, 9.17) is 9.84 Å². The second-order valence-corrected chi connectivity index (χ2v) is 4.59. The highest BCUT2D eigenvalue weighted by Gasteiger charge is 2.14. The number of hydrogen-bond acceptors (Lipinski definition) is 4. The number of rotatable bonds is 4. The van der Waals surface area contributed by atoms with E-state index < -0.39 is 12.0 Å². The van der Waals surface area contributed by atoms with Crippen molar-refractivity contribution >= 4 is 34.7 Å². The summed E-state index contributed by atoms with van der Waals surface area (Å²) in [4.78, 5) is 22.9. The molecule has 1 aromatic heterocycles. The summed E-state index contributed by atoms with van der Waals surface area (Å²) in [6, 6.07) is 5.65. The van der Waals surface area contributed by atoms with Crippen LogP contribution in [0, 0.1) is 0 Å². The Hall–Kier alpha value is -2.54. The average Bonchev–Trinajstić information content (AvgIpc) is 2.91. The Morgan fingerprint density at radius 3 is 2.65 bits per heavy atom. The lowest BCUT2D eigenvalue weighted by Crippen LogP contribution is -2.20. The molecule has 0 saturated heterocycles. The van der Waals surface area contributed by atoms with E-state index in [1.54, 1.807) is 17.5 Å². The second kappa shape index (κ2) is 6.07. The third-order valence-corrected chi connectivity index (χ3v) is 3.17. The number of urea groups is 1. The number of amides is 2. The lowest BCUT2D eigenvalue weighted by Gasteiger charge is -2.10. The van der Waals surface area contributed by atoms with E-state index in [-0.39, 0.29) is 11.3 Å². The Bertz CT molecular complexity index is 625. The normalized spacial score (nSPS) is 9.85. The van der Waals surface area contributed by atoms with Crippen molar-refractivity contribution in [3.05, 3.63) is 40.6 Å². The van der Waals surface area contributed by atoms with Gasteiger partial charge in [0.25, 0.3) is 0 Å². The third-order valence-electron chi connectivity index (χ3n) is 2.48. The Morgan fingerprint density at radius 2 is 2.05 bits per heavy atom. The maximum absolute atomic E-state index is 11.8. The molecular weight excluding hydrogens is 280 g/mol. The number of carboxylic acids is 1. The van der Waals surface area contributed by atoms with E-state index >= 15 is 0 Å². The van der Waals surface area contributed by atoms with Crippen molar-refractivity contribution in [1.29, 1.82) is 0 Å². The Kier molecular flexibility index (Phi) is 4.21. The molecule has 20 heavy (non-hydrogen) atoms.